The molecule has 1 aromatic rings. The molecule has 0 aliphatic rings. The maximum atomic E-state index is 12.1. The summed E-state index contributed by atoms with van der Waals surface area (Å²) in [6.45, 7) is 1.98. The molecule has 0 saturated carbocycles. The highest BCUT2D eigenvalue weighted by Crippen LogP contribution is 2.22. The van der Waals surface area contributed by atoms with Crippen LogP contribution in [0.5, 0.6) is 0 Å². The molecule has 0 heterocycles. The number of alkyl halides is 3. The summed E-state index contributed by atoms with van der Waals surface area (Å²) < 4.78 is 36.3. The average Bonchev–Trinajstić information content (AvgIpc) is 2.19. The van der Waals surface area contributed by atoms with Gasteiger partial charge in [-0.3, -0.25) is 0 Å². The maximum Gasteiger partial charge on any atom is 0.403 e. The Morgan fingerprint density at radius 3 is 2.25 bits per heavy atom. The van der Waals surface area contributed by atoms with Crippen molar-refractivity contribution in [3.05, 3.63) is 35.4 Å². The lowest BCUT2D eigenvalue weighted by atomic mass is 10.0. The molecule has 2 N–H and O–H groups in total. The van der Waals surface area contributed by atoms with E-state index in [4.69, 9.17) is 5.73 Å². The summed E-state index contributed by atoms with van der Waals surface area (Å²) in [6.07, 6.45) is -3.18. The Kier molecular flexibility index (Phi) is 4.35. The van der Waals surface area contributed by atoms with Gasteiger partial charge in [0.1, 0.15) is 6.04 Å². The van der Waals surface area contributed by atoms with Crippen molar-refractivity contribution in [1.82, 2.24) is 0 Å². The van der Waals surface area contributed by atoms with Gasteiger partial charge in [-0.2, -0.15) is 13.2 Å². The molecule has 0 aromatic heterocycles. The molecule has 0 spiro atoms. The van der Waals surface area contributed by atoms with Crippen molar-refractivity contribution in [2.45, 2.75) is 38.4 Å². The molecule has 0 amide bonds. The predicted molar refractivity (Wildman–Crippen MR) is 58.1 cm³/mol. The van der Waals surface area contributed by atoms with E-state index in [1.54, 1.807) is 0 Å². The highest BCUT2D eigenvalue weighted by atomic mass is 19.4. The second kappa shape index (κ2) is 5.34. The Balaban J connectivity index is 2.33. The van der Waals surface area contributed by atoms with E-state index in [9.17, 15) is 13.2 Å². The van der Waals surface area contributed by atoms with Crippen molar-refractivity contribution in [2.75, 3.05) is 0 Å². The van der Waals surface area contributed by atoms with Gasteiger partial charge in [-0.15, -0.1) is 0 Å². The molecule has 4 heteroatoms. The van der Waals surface area contributed by atoms with Crippen LogP contribution in [-0.4, -0.2) is 12.2 Å². The lowest BCUT2D eigenvalue weighted by molar-refractivity contribution is -0.149. The van der Waals surface area contributed by atoms with Crippen LogP contribution in [0.15, 0.2) is 24.3 Å². The fourth-order valence-electron chi connectivity index (χ4n) is 1.44. The summed E-state index contributed by atoms with van der Waals surface area (Å²) in [4.78, 5) is 0. The molecule has 16 heavy (non-hydrogen) atoms. The van der Waals surface area contributed by atoms with Gasteiger partial charge >= 0.3 is 6.18 Å². The standard InChI is InChI=1S/C12H16F3N/c1-9-5-7-10(8-6-9)3-2-4-11(16)12(13,14)15/h5-8,11H,2-4,16H2,1H3/t11-/m0/s1. The highest BCUT2D eigenvalue weighted by Gasteiger charge is 2.35. The fourth-order valence-corrected chi connectivity index (χ4v) is 1.44. The predicted octanol–water partition coefficient (Wildman–Crippen LogP) is 3.21. The smallest absolute Gasteiger partial charge is 0.320 e. The second-order valence-corrected chi connectivity index (χ2v) is 4.03. The minimum absolute atomic E-state index is 0.0165. The van der Waals surface area contributed by atoms with E-state index in [0.29, 0.717) is 12.8 Å². The molecule has 0 saturated heterocycles. The third-order valence-electron chi connectivity index (χ3n) is 2.52. The third-order valence-corrected chi connectivity index (χ3v) is 2.52. The molecule has 0 fully saturated rings. The monoisotopic (exact) mass is 231 g/mol. The fraction of sp³-hybridized carbons (Fsp3) is 0.500. The second-order valence-electron chi connectivity index (χ2n) is 4.03. The minimum atomic E-state index is -4.27. The largest absolute Gasteiger partial charge is 0.403 e. The summed E-state index contributed by atoms with van der Waals surface area (Å²) in [5.74, 6) is 0. The molecule has 1 rings (SSSR count). The molecule has 90 valence electrons. The molecule has 1 aromatic carbocycles. The zero-order valence-electron chi connectivity index (χ0n) is 9.22. The zero-order chi connectivity index (χ0) is 12.2. The first kappa shape index (κ1) is 13.0. The minimum Gasteiger partial charge on any atom is -0.320 e. The Bertz CT molecular complexity index is 316. The molecule has 0 aliphatic carbocycles. The number of rotatable bonds is 4. The van der Waals surface area contributed by atoms with E-state index in [0.717, 1.165) is 11.1 Å². The Labute approximate surface area is 93.5 Å². The van der Waals surface area contributed by atoms with E-state index in [1.165, 1.54) is 0 Å². The number of hydrogen-bond donors (Lipinski definition) is 1. The van der Waals surface area contributed by atoms with Gasteiger partial charge in [-0.1, -0.05) is 29.8 Å². The van der Waals surface area contributed by atoms with Gasteiger partial charge in [-0.25, -0.2) is 0 Å². The van der Waals surface area contributed by atoms with Crippen molar-refractivity contribution in [3.8, 4) is 0 Å². The van der Waals surface area contributed by atoms with Gasteiger partial charge in [0.25, 0.3) is 0 Å². The molecular weight excluding hydrogens is 215 g/mol. The Morgan fingerprint density at radius 1 is 1.19 bits per heavy atom. The van der Waals surface area contributed by atoms with Gasteiger partial charge in [-0.05, 0) is 31.7 Å². The summed E-state index contributed by atoms with van der Waals surface area (Å²) >= 11 is 0. The van der Waals surface area contributed by atoms with Crippen molar-refractivity contribution in [3.63, 3.8) is 0 Å². The van der Waals surface area contributed by atoms with E-state index >= 15 is 0 Å². The third kappa shape index (κ3) is 4.23. The molecule has 0 bridgehead atoms. The molecule has 1 nitrogen and oxygen atoms in total. The summed E-state index contributed by atoms with van der Waals surface area (Å²) in [7, 11) is 0. The van der Waals surface area contributed by atoms with Crippen LogP contribution in [0.25, 0.3) is 0 Å². The Morgan fingerprint density at radius 2 is 1.75 bits per heavy atom. The van der Waals surface area contributed by atoms with Crippen LogP contribution in [0.1, 0.15) is 24.0 Å². The number of halogens is 3. The lowest BCUT2D eigenvalue weighted by Crippen LogP contribution is -2.37. The molecule has 0 aliphatic heterocycles. The Hall–Kier alpha value is -1.03. The number of benzene rings is 1. The van der Waals surface area contributed by atoms with Crippen molar-refractivity contribution < 1.29 is 13.2 Å². The van der Waals surface area contributed by atoms with Gasteiger partial charge in [0.05, 0.1) is 0 Å². The van der Waals surface area contributed by atoms with Crippen LogP contribution in [0.4, 0.5) is 13.2 Å². The normalized spacial score (nSPS) is 13.8. The van der Waals surface area contributed by atoms with E-state index in [2.05, 4.69) is 0 Å². The quantitative estimate of drug-likeness (QED) is 0.846. The van der Waals surface area contributed by atoms with Crippen LogP contribution in [0, 0.1) is 6.92 Å². The zero-order valence-corrected chi connectivity index (χ0v) is 9.22. The number of nitrogens with two attached hydrogens (primary N) is 1. The average molecular weight is 231 g/mol. The van der Waals surface area contributed by atoms with E-state index in [-0.39, 0.29) is 6.42 Å². The molecule has 0 radical (unpaired) electrons. The lowest BCUT2D eigenvalue weighted by Gasteiger charge is -2.14. The van der Waals surface area contributed by atoms with Crippen LogP contribution in [-0.2, 0) is 6.42 Å². The molecule has 0 unspecified atom stereocenters. The highest BCUT2D eigenvalue weighted by molar-refractivity contribution is 5.21. The molecule has 1 atom stereocenters. The first-order valence-electron chi connectivity index (χ1n) is 5.27. The topological polar surface area (TPSA) is 26.0 Å². The van der Waals surface area contributed by atoms with Gasteiger partial charge in [0.2, 0.25) is 0 Å². The van der Waals surface area contributed by atoms with Crippen molar-refractivity contribution >= 4 is 0 Å². The SMILES string of the molecule is Cc1ccc(CCC[C@H](N)C(F)(F)F)cc1. The first-order valence-corrected chi connectivity index (χ1v) is 5.27. The van der Waals surface area contributed by atoms with Gasteiger partial charge in [0, 0.05) is 0 Å². The number of hydrogen-bond acceptors (Lipinski definition) is 1. The van der Waals surface area contributed by atoms with Crippen LogP contribution >= 0.6 is 0 Å². The summed E-state index contributed by atoms with van der Waals surface area (Å²) in [5.41, 5.74) is 7.22. The summed E-state index contributed by atoms with van der Waals surface area (Å²) in [6, 6.07) is 6.10. The van der Waals surface area contributed by atoms with Crippen LogP contribution < -0.4 is 5.73 Å². The molecular formula is C12H16F3N. The summed E-state index contributed by atoms with van der Waals surface area (Å²) in [5, 5.41) is 0. The maximum absolute atomic E-state index is 12.1. The van der Waals surface area contributed by atoms with Crippen LogP contribution in [0.2, 0.25) is 0 Å². The first-order chi connectivity index (χ1) is 7.39. The van der Waals surface area contributed by atoms with Crippen LogP contribution in [0.3, 0.4) is 0 Å². The van der Waals surface area contributed by atoms with Crippen molar-refractivity contribution in [2.24, 2.45) is 5.73 Å². The number of aryl methyl sites for hydroxylation is 2. The van der Waals surface area contributed by atoms with Gasteiger partial charge < -0.3 is 5.73 Å². The van der Waals surface area contributed by atoms with Crippen molar-refractivity contribution in [1.29, 1.82) is 0 Å². The van der Waals surface area contributed by atoms with E-state index < -0.39 is 12.2 Å². The van der Waals surface area contributed by atoms with Gasteiger partial charge in [0.15, 0.2) is 0 Å². The van der Waals surface area contributed by atoms with E-state index in [1.807, 2.05) is 31.2 Å².